The summed E-state index contributed by atoms with van der Waals surface area (Å²) in [6.07, 6.45) is 1.32. The van der Waals surface area contributed by atoms with Gasteiger partial charge in [0.15, 0.2) is 0 Å². The van der Waals surface area contributed by atoms with Crippen molar-refractivity contribution < 1.29 is 4.84 Å². The summed E-state index contributed by atoms with van der Waals surface area (Å²) in [4.78, 5) is 4.55. The molecule has 0 radical (unpaired) electrons. The Balaban J connectivity index is 0.000000490. The zero-order chi connectivity index (χ0) is 5.11. The van der Waals surface area contributed by atoms with Gasteiger partial charge in [0.25, 0.3) is 0 Å². The molecule has 8 heavy (non-hydrogen) atoms. The van der Waals surface area contributed by atoms with Gasteiger partial charge in [-0.15, -0.1) is 12.4 Å². The lowest BCUT2D eigenvalue weighted by Gasteiger charge is -2.00. The number of nitrogens with one attached hydrogen (secondary N) is 1. The molecule has 1 aliphatic rings. The van der Waals surface area contributed by atoms with Crippen LogP contribution in [0.5, 0.6) is 0 Å². The van der Waals surface area contributed by atoms with E-state index in [9.17, 15) is 0 Å². The van der Waals surface area contributed by atoms with Crippen LogP contribution in [0.2, 0.25) is 0 Å². The van der Waals surface area contributed by atoms with Crippen molar-refractivity contribution in [3.63, 3.8) is 0 Å². The van der Waals surface area contributed by atoms with Crippen molar-refractivity contribution >= 4 is 12.4 Å². The Bertz CT molecular complexity index is 56.0. The third-order valence-electron chi connectivity index (χ3n) is 1.21. The maximum atomic E-state index is 4.89. The Morgan fingerprint density at radius 3 is 2.62 bits per heavy atom. The van der Waals surface area contributed by atoms with Crippen LogP contribution in [0.3, 0.4) is 0 Å². The largest absolute Gasteiger partial charge is 0.314 e. The Kier molecular flexibility index (Phi) is 4.18. The molecular weight excluding hydrogens is 128 g/mol. The molecule has 0 bridgehead atoms. The summed E-state index contributed by atoms with van der Waals surface area (Å²) in [6, 6.07) is 0. The van der Waals surface area contributed by atoms with Crippen LogP contribution < -0.4 is 11.2 Å². The number of hydrogen-bond donors (Lipinski definition) is 2. The zero-order valence-corrected chi connectivity index (χ0v) is 5.41. The fourth-order valence-corrected chi connectivity index (χ4v) is 0.744. The third-order valence-corrected chi connectivity index (χ3v) is 1.21. The van der Waals surface area contributed by atoms with Gasteiger partial charge in [-0.3, -0.25) is 4.84 Å². The molecule has 1 rings (SSSR count). The molecule has 1 fully saturated rings. The van der Waals surface area contributed by atoms with E-state index < -0.39 is 0 Å². The molecule has 3 nitrogen and oxygen atoms in total. The van der Waals surface area contributed by atoms with Gasteiger partial charge >= 0.3 is 0 Å². The first-order valence-corrected chi connectivity index (χ1v) is 2.50. The van der Waals surface area contributed by atoms with Gasteiger partial charge in [-0.1, -0.05) is 0 Å². The van der Waals surface area contributed by atoms with Gasteiger partial charge in [-0.25, -0.2) is 5.90 Å². The van der Waals surface area contributed by atoms with Crippen molar-refractivity contribution in [2.45, 2.75) is 12.5 Å². The highest BCUT2D eigenvalue weighted by molar-refractivity contribution is 5.85. The van der Waals surface area contributed by atoms with E-state index in [1.807, 2.05) is 0 Å². The first kappa shape index (κ1) is 8.17. The molecule has 4 heteroatoms. The van der Waals surface area contributed by atoms with Crippen LogP contribution in [0, 0.1) is 0 Å². The predicted molar refractivity (Wildman–Crippen MR) is 33.8 cm³/mol. The van der Waals surface area contributed by atoms with E-state index in [-0.39, 0.29) is 18.5 Å². The number of nitrogens with two attached hydrogens (primary N) is 1. The van der Waals surface area contributed by atoms with E-state index in [0.29, 0.717) is 0 Å². The average molecular weight is 139 g/mol. The predicted octanol–water partition coefficient (Wildman–Crippen LogP) is -0.340. The minimum absolute atomic E-state index is 0. The summed E-state index contributed by atoms with van der Waals surface area (Å²) in [6.45, 7) is 1.96. The van der Waals surface area contributed by atoms with Gasteiger partial charge in [0.2, 0.25) is 0 Å². The minimum Gasteiger partial charge on any atom is -0.314 e. The lowest BCUT2D eigenvalue weighted by molar-refractivity contribution is 0.0678. The number of rotatable bonds is 1. The fourth-order valence-electron chi connectivity index (χ4n) is 0.744. The van der Waals surface area contributed by atoms with Gasteiger partial charge in [-0.05, 0) is 13.0 Å². The first-order chi connectivity index (χ1) is 3.43. The van der Waals surface area contributed by atoms with Crippen LogP contribution >= 0.6 is 12.4 Å². The van der Waals surface area contributed by atoms with Crippen molar-refractivity contribution in [1.82, 2.24) is 5.32 Å². The van der Waals surface area contributed by atoms with Crippen molar-refractivity contribution in [3.05, 3.63) is 0 Å². The zero-order valence-electron chi connectivity index (χ0n) is 4.59. The number of halogens is 1. The van der Waals surface area contributed by atoms with E-state index in [2.05, 4.69) is 10.2 Å². The molecule has 0 aromatic heterocycles. The molecule has 50 valence electrons. The SMILES string of the molecule is Cl.NOC1CCNC1. The summed E-state index contributed by atoms with van der Waals surface area (Å²) in [7, 11) is 0. The summed E-state index contributed by atoms with van der Waals surface area (Å²) < 4.78 is 0. The summed E-state index contributed by atoms with van der Waals surface area (Å²) >= 11 is 0. The Labute approximate surface area is 54.9 Å². The van der Waals surface area contributed by atoms with E-state index in [1.165, 1.54) is 0 Å². The highest BCUT2D eigenvalue weighted by Gasteiger charge is 2.12. The molecule has 3 N–H and O–H groups in total. The quantitative estimate of drug-likeness (QED) is 0.488. The molecule has 0 spiro atoms. The standard InChI is InChI=1S/C4H10N2O.ClH/c5-7-4-1-2-6-3-4;/h4,6H,1-3,5H2;1H. The topological polar surface area (TPSA) is 47.3 Å². The summed E-state index contributed by atoms with van der Waals surface area (Å²) in [5.41, 5.74) is 0. The second-order valence-corrected chi connectivity index (χ2v) is 1.75. The molecule has 0 aromatic rings. The van der Waals surface area contributed by atoms with Crippen LogP contribution in [-0.4, -0.2) is 19.2 Å². The third kappa shape index (κ3) is 1.96. The fraction of sp³-hybridized carbons (Fsp3) is 1.00. The van der Waals surface area contributed by atoms with Crippen LogP contribution in [0.15, 0.2) is 0 Å². The lowest BCUT2D eigenvalue weighted by Crippen LogP contribution is -2.19. The van der Waals surface area contributed by atoms with Crippen LogP contribution in [0.4, 0.5) is 0 Å². The lowest BCUT2D eigenvalue weighted by atomic mass is 10.3. The minimum atomic E-state index is 0. The van der Waals surface area contributed by atoms with Gasteiger partial charge in [0.05, 0.1) is 6.10 Å². The van der Waals surface area contributed by atoms with Crippen molar-refractivity contribution in [3.8, 4) is 0 Å². The molecule has 1 saturated heterocycles. The maximum absolute atomic E-state index is 4.89. The van der Waals surface area contributed by atoms with E-state index >= 15 is 0 Å². The smallest absolute Gasteiger partial charge is 0.0923 e. The maximum Gasteiger partial charge on any atom is 0.0923 e. The van der Waals surface area contributed by atoms with Gasteiger partial charge in [0.1, 0.15) is 0 Å². The first-order valence-electron chi connectivity index (χ1n) is 2.50. The van der Waals surface area contributed by atoms with E-state index in [0.717, 1.165) is 19.5 Å². The summed E-state index contributed by atoms with van der Waals surface area (Å²) in [5.74, 6) is 4.89. The van der Waals surface area contributed by atoms with Gasteiger partial charge in [0, 0.05) is 6.54 Å². The monoisotopic (exact) mass is 138 g/mol. The highest BCUT2D eigenvalue weighted by atomic mass is 35.5. The summed E-state index contributed by atoms with van der Waals surface area (Å²) in [5, 5.41) is 3.12. The van der Waals surface area contributed by atoms with Gasteiger partial charge < -0.3 is 5.32 Å². The molecule has 0 aliphatic carbocycles. The normalized spacial score (nSPS) is 27.4. The average Bonchev–Trinajstić information content (AvgIpc) is 2.14. The Morgan fingerprint density at radius 2 is 2.38 bits per heavy atom. The van der Waals surface area contributed by atoms with Crippen LogP contribution in [0.25, 0.3) is 0 Å². The second kappa shape index (κ2) is 4.09. The van der Waals surface area contributed by atoms with Crippen molar-refractivity contribution in [1.29, 1.82) is 0 Å². The highest BCUT2D eigenvalue weighted by Crippen LogP contribution is 1.97. The molecule has 1 unspecified atom stereocenters. The molecule has 0 aromatic carbocycles. The van der Waals surface area contributed by atoms with Crippen molar-refractivity contribution in [2.75, 3.05) is 13.1 Å². The molecule has 1 aliphatic heterocycles. The van der Waals surface area contributed by atoms with Gasteiger partial charge in [-0.2, -0.15) is 0 Å². The molecular formula is C4H11ClN2O. The van der Waals surface area contributed by atoms with E-state index in [1.54, 1.807) is 0 Å². The Morgan fingerprint density at radius 1 is 1.62 bits per heavy atom. The second-order valence-electron chi connectivity index (χ2n) is 1.75. The van der Waals surface area contributed by atoms with Crippen LogP contribution in [-0.2, 0) is 4.84 Å². The van der Waals surface area contributed by atoms with E-state index in [4.69, 9.17) is 5.90 Å². The number of hydrogen-bond acceptors (Lipinski definition) is 3. The molecule has 0 saturated carbocycles. The van der Waals surface area contributed by atoms with Crippen molar-refractivity contribution in [2.24, 2.45) is 5.90 Å². The molecule has 1 heterocycles. The Hall–Kier alpha value is 0.170. The molecule has 0 amide bonds. The molecule has 1 atom stereocenters. The van der Waals surface area contributed by atoms with Crippen LogP contribution in [0.1, 0.15) is 6.42 Å².